The average molecular weight is 592 g/mol. The van der Waals surface area contributed by atoms with Gasteiger partial charge in [-0.05, 0) is 41.1 Å². The Balaban J connectivity index is 1.89. The van der Waals surface area contributed by atoms with E-state index in [1.54, 1.807) is 18.3 Å². The van der Waals surface area contributed by atoms with Crippen molar-refractivity contribution in [1.29, 1.82) is 5.26 Å². The molecule has 2 aromatic carbocycles. The number of hydrogen-bond donors (Lipinski definition) is 2. The first-order chi connectivity index (χ1) is 15.0. The first-order valence-electron chi connectivity index (χ1n) is 9.54. The van der Waals surface area contributed by atoms with Crippen LogP contribution < -0.4 is 15.7 Å². The average Bonchev–Trinajstić information content (AvgIpc) is 2.75. The highest BCUT2D eigenvalue weighted by atomic mass is 127. The van der Waals surface area contributed by atoms with Crippen LogP contribution in [0.5, 0.6) is 5.75 Å². The molecular formula is C22H19BrIN5O2. The molecule has 0 unspecified atom stereocenters. The van der Waals surface area contributed by atoms with E-state index in [4.69, 9.17) is 4.74 Å². The van der Waals surface area contributed by atoms with Gasteiger partial charge >= 0.3 is 0 Å². The summed E-state index contributed by atoms with van der Waals surface area (Å²) in [5.74, 6) is 0.881. The summed E-state index contributed by atoms with van der Waals surface area (Å²) in [4.78, 5) is 19.3. The Morgan fingerprint density at radius 1 is 1.35 bits per heavy atom. The third kappa shape index (κ3) is 5.92. The quantitative estimate of drug-likeness (QED) is 0.160. The zero-order valence-electron chi connectivity index (χ0n) is 16.7. The minimum atomic E-state index is -0.533. The van der Waals surface area contributed by atoms with Crippen LogP contribution >= 0.6 is 38.5 Å². The molecule has 7 nitrogen and oxygen atoms in total. The maximum atomic E-state index is 12.4. The van der Waals surface area contributed by atoms with Crippen LogP contribution in [-0.2, 0) is 0 Å². The molecule has 0 atom stereocenters. The van der Waals surface area contributed by atoms with E-state index in [1.165, 1.54) is 0 Å². The van der Waals surface area contributed by atoms with Gasteiger partial charge < -0.3 is 4.74 Å². The van der Waals surface area contributed by atoms with E-state index in [2.05, 4.69) is 65.9 Å². The van der Waals surface area contributed by atoms with Crippen LogP contribution in [0.25, 0.3) is 11.3 Å². The van der Waals surface area contributed by atoms with Gasteiger partial charge in [-0.25, -0.2) is 10.4 Å². The number of hydrogen-bond acceptors (Lipinski definition) is 6. The van der Waals surface area contributed by atoms with Gasteiger partial charge in [0.05, 0.1) is 22.1 Å². The maximum absolute atomic E-state index is 12.4. The summed E-state index contributed by atoms with van der Waals surface area (Å²) < 4.78 is 7.80. The minimum Gasteiger partial charge on any atom is -0.492 e. The molecule has 0 aliphatic heterocycles. The Morgan fingerprint density at radius 2 is 2.13 bits per heavy atom. The fourth-order valence-electron chi connectivity index (χ4n) is 2.74. The molecule has 0 spiro atoms. The predicted octanol–water partition coefficient (Wildman–Crippen LogP) is 5.30. The summed E-state index contributed by atoms with van der Waals surface area (Å²) in [6, 6.07) is 14.9. The molecule has 0 radical (unpaired) electrons. The van der Waals surface area contributed by atoms with Gasteiger partial charge in [-0.15, -0.1) is 0 Å². The van der Waals surface area contributed by atoms with Gasteiger partial charge in [-0.3, -0.25) is 9.78 Å². The lowest BCUT2D eigenvalue weighted by Gasteiger charge is -2.11. The second-order valence-electron chi connectivity index (χ2n) is 6.49. The van der Waals surface area contributed by atoms with E-state index in [-0.39, 0.29) is 11.5 Å². The van der Waals surface area contributed by atoms with Crippen LogP contribution in [0.15, 0.2) is 56.8 Å². The van der Waals surface area contributed by atoms with Crippen LogP contribution in [0.2, 0.25) is 0 Å². The predicted molar refractivity (Wildman–Crippen MR) is 133 cm³/mol. The number of benzene rings is 2. The van der Waals surface area contributed by atoms with Gasteiger partial charge in [0.15, 0.2) is 0 Å². The number of rotatable bonds is 8. The maximum Gasteiger partial charge on any atom is 0.270 e. The number of ether oxygens (including phenoxy) is 1. The van der Waals surface area contributed by atoms with Gasteiger partial charge in [-0.1, -0.05) is 59.6 Å². The largest absolute Gasteiger partial charge is 0.492 e. The third-order valence-electron chi connectivity index (χ3n) is 4.23. The number of unbranched alkanes of at least 4 members (excludes halogenated alkanes) is 1. The lowest BCUT2D eigenvalue weighted by molar-refractivity contribution is 0.307. The lowest BCUT2D eigenvalue weighted by atomic mass is 10.1. The fraction of sp³-hybridized carbons (Fsp3) is 0.182. The smallest absolute Gasteiger partial charge is 0.270 e. The van der Waals surface area contributed by atoms with E-state index >= 15 is 0 Å². The van der Waals surface area contributed by atoms with Crippen LogP contribution in [-0.4, -0.2) is 22.8 Å². The lowest BCUT2D eigenvalue weighted by Crippen LogP contribution is -2.16. The van der Waals surface area contributed by atoms with E-state index in [1.807, 2.05) is 36.4 Å². The molecule has 0 saturated heterocycles. The molecule has 2 N–H and O–H groups in total. The van der Waals surface area contributed by atoms with Gasteiger partial charge in [0.25, 0.3) is 5.56 Å². The highest BCUT2D eigenvalue weighted by molar-refractivity contribution is 14.1. The van der Waals surface area contributed by atoms with Crippen molar-refractivity contribution in [2.45, 2.75) is 19.8 Å². The molecule has 0 aliphatic rings. The van der Waals surface area contributed by atoms with E-state index in [0.717, 1.165) is 32.2 Å². The monoisotopic (exact) mass is 591 g/mol. The third-order valence-corrected chi connectivity index (χ3v) is 5.49. The van der Waals surface area contributed by atoms with Gasteiger partial charge in [0.2, 0.25) is 5.95 Å². The zero-order valence-corrected chi connectivity index (χ0v) is 20.4. The second-order valence-corrected chi connectivity index (χ2v) is 8.57. The number of aromatic nitrogens is 2. The van der Waals surface area contributed by atoms with Gasteiger partial charge in [0.1, 0.15) is 17.4 Å². The molecular weight excluding hydrogens is 573 g/mol. The number of nitriles is 1. The van der Waals surface area contributed by atoms with Crippen LogP contribution in [0, 0.1) is 14.9 Å². The number of nitrogens with one attached hydrogen (secondary N) is 2. The van der Waals surface area contributed by atoms with Crippen molar-refractivity contribution in [3.63, 3.8) is 0 Å². The van der Waals surface area contributed by atoms with Crippen molar-refractivity contribution in [3.05, 3.63) is 72.0 Å². The molecule has 3 aromatic rings. The molecule has 1 aromatic heterocycles. The van der Waals surface area contributed by atoms with Crippen molar-refractivity contribution in [1.82, 2.24) is 9.97 Å². The van der Waals surface area contributed by atoms with E-state index in [9.17, 15) is 10.1 Å². The Kier molecular flexibility index (Phi) is 8.20. The van der Waals surface area contributed by atoms with E-state index in [0.29, 0.717) is 17.9 Å². The highest BCUT2D eigenvalue weighted by Gasteiger charge is 2.13. The standard InChI is InChI=1S/C22H19BrIN5O2/c1-2-3-9-31-20-15(10-16(23)11-18(20)24)13-26-29-22-27-19(14-7-5-4-6-8-14)17(12-25)21(30)28-22/h4-8,10-11,13H,2-3,9H2,1H3,(H2,27,28,29,30). The Morgan fingerprint density at radius 3 is 2.84 bits per heavy atom. The molecule has 0 saturated carbocycles. The molecule has 0 fully saturated rings. The second kappa shape index (κ2) is 11.1. The van der Waals surface area contributed by atoms with Gasteiger partial charge in [0, 0.05) is 15.6 Å². The summed E-state index contributed by atoms with van der Waals surface area (Å²) in [5, 5.41) is 13.6. The van der Waals surface area contributed by atoms with Crippen molar-refractivity contribution in [3.8, 4) is 23.1 Å². The number of halogens is 2. The van der Waals surface area contributed by atoms with Crippen LogP contribution in [0.1, 0.15) is 30.9 Å². The van der Waals surface area contributed by atoms with E-state index < -0.39 is 5.56 Å². The summed E-state index contributed by atoms with van der Waals surface area (Å²) in [7, 11) is 0. The van der Waals surface area contributed by atoms with Crippen molar-refractivity contribution < 1.29 is 4.74 Å². The van der Waals surface area contributed by atoms with Crippen LogP contribution in [0.4, 0.5) is 5.95 Å². The summed E-state index contributed by atoms with van der Waals surface area (Å²) in [6.07, 6.45) is 3.60. The molecule has 0 aliphatic carbocycles. The molecule has 9 heteroatoms. The molecule has 1 heterocycles. The summed E-state index contributed by atoms with van der Waals surface area (Å²) in [6.45, 7) is 2.73. The summed E-state index contributed by atoms with van der Waals surface area (Å²) in [5.41, 5.74) is 3.92. The van der Waals surface area contributed by atoms with Crippen molar-refractivity contribution in [2.75, 3.05) is 12.0 Å². The number of nitrogens with zero attached hydrogens (tertiary/aromatic N) is 3. The molecule has 0 bridgehead atoms. The number of hydrazone groups is 1. The first kappa shape index (κ1) is 23.0. The van der Waals surface area contributed by atoms with Gasteiger partial charge in [-0.2, -0.15) is 10.4 Å². The number of H-pyrrole nitrogens is 1. The van der Waals surface area contributed by atoms with Crippen molar-refractivity contribution in [2.24, 2.45) is 5.10 Å². The molecule has 158 valence electrons. The van der Waals surface area contributed by atoms with Crippen LogP contribution in [0.3, 0.4) is 0 Å². The Labute approximate surface area is 201 Å². The molecule has 31 heavy (non-hydrogen) atoms. The SMILES string of the molecule is CCCCOc1c(I)cc(Br)cc1C=NNc1nc(-c2ccccc2)c(C#N)c(=O)[nH]1. The first-order valence-corrected chi connectivity index (χ1v) is 11.4. The molecule has 3 rings (SSSR count). The Bertz CT molecular complexity index is 1190. The normalized spacial score (nSPS) is 10.8. The fourth-order valence-corrected chi connectivity index (χ4v) is 4.45. The number of anilines is 1. The molecule has 0 amide bonds. The zero-order chi connectivity index (χ0) is 22.2. The van der Waals surface area contributed by atoms with Crippen molar-refractivity contribution >= 4 is 50.7 Å². The topological polar surface area (TPSA) is 103 Å². The highest BCUT2D eigenvalue weighted by Crippen LogP contribution is 2.29. The minimum absolute atomic E-state index is 0.0473. The Hall–Kier alpha value is -2.71. The summed E-state index contributed by atoms with van der Waals surface area (Å²) >= 11 is 5.72. The number of aromatic amines is 1.